The lowest BCUT2D eigenvalue weighted by Crippen LogP contribution is -2.15. The highest BCUT2D eigenvalue weighted by Crippen LogP contribution is 2.22. The molecular formula is C20H21N3O3S. The molecule has 140 valence electrons. The minimum absolute atomic E-state index is 0.101. The van der Waals surface area contributed by atoms with Gasteiger partial charge >= 0.3 is 0 Å². The number of methoxy groups -OCH3 is 1. The van der Waals surface area contributed by atoms with Crippen molar-refractivity contribution in [3.8, 4) is 5.75 Å². The lowest BCUT2D eigenvalue weighted by atomic mass is 10.2. The fourth-order valence-corrected chi connectivity index (χ4v) is 3.39. The van der Waals surface area contributed by atoms with E-state index >= 15 is 0 Å². The summed E-state index contributed by atoms with van der Waals surface area (Å²) in [5, 5.41) is 13.1. The van der Waals surface area contributed by atoms with E-state index in [1.54, 1.807) is 19.4 Å². The van der Waals surface area contributed by atoms with Crippen molar-refractivity contribution in [2.75, 3.05) is 18.2 Å². The van der Waals surface area contributed by atoms with Gasteiger partial charge in [0.15, 0.2) is 5.16 Å². The summed E-state index contributed by atoms with van der Waals surface area (Å²) in [7, 11) is 1.59. The van der Waals surface area contributed by atoms with E-state index < -0.39 is 0 Å². The Morgan fingerprint density at radius 3 is 2.78 bits per heavy atom. The minimum Gasteiger partial charge on any atom is -0.497 e. The van der Waals surface area contributed by atoms with E-state index in [1.165, 1.54) is 11.8 Å². The molecule has 0 bridgehead atoms. The summed E-state index contributed by atoms with van der Waals surface area (Å²) < 4.78 is 7.09. The Morgan fingerprint density at radius 1 is 1.22 bits per heavy atom. The van der Waals surface area contributed by atoms with Crippen LogP contribution in [0, 0.1) is 0 Å². The highest BCUT2D eigenvalue weighted by atomic mass is 32.2. The number of rotatable bonds is 8. The summed E-state index contributed by atoms with van der Waals surface area (Å²) in [6, 6.07) is 17.2. The molecule has 0 radical (unpaired) electrons. The van der Waals surface area contributed by atoms with Crippen molar-refractivity contribution in [2.24, 2.45) is 0 Å². The molecule has 3 aromatic rings. The second kappa shape index (κ2) is 9.25. The van der Waals surface area contributed by atoms with Gasteiger partial charge in [-0.15, -0.1) is 0 Å². The molecule has 7 heteroatoms. The number of aromatic nitrogens is 2. The Hall–Kier alpha value is -2.77. The van der Waals surface area contributed by atoms with Crippen LogP contribution in [0.5, 0.6) is 5.75 Å². The minimum atomic E-state index is -0.131. The Morgan fingerprint density at radius 2 is 2.04 bits per heavy atom. The quantitative estimate of drug-likeness (QED) is 0.585. The van der Waals surface area contributed by atoms with E-state index in [0.29, 0.717) is 23.1 Å². The van der Waals surface area contributed by atoms with E-state index in [9.17, 15) is 9.90 Å². The molecule has 0 spiro atoms. The Kier molecular flexibility index (Phi) is 6.51. The first kappa shape index (κ1) is 19.0. The number of nitrogens with one attached hydrogen (secondary N) is 1. The summed E-state index contributed by atoms with van der Waals surface area (Å²) in [5.74, 6) is 0.771. The summed E-state index contributed by atoms with van der Waals surface area (Å²) >= 11 is 1.34. The Bertz CT molecular complexity index is 896. The maximum Gasteiger partial charge on any atom is 0.234 e. The molecule has 0 aliphatic rings. The third kappa shape index (κ3) is 5.12. The van der Waals surface area contributed by atoms with Crippen LogP contribution in [0.1, 0.15) is 11.3 Å². The standard InChI is InChI=1S/C20H21N3O3S/c1-26-18-9-5-8-16(10-18)22-19(25)14-27-20-21-11-17(13-24)23(20)12-15-6-3-2-4-7-15/h2-11,24H,12-14H2,1H3,(H,22,25). The van der Waals surface area contributed by atoms with Crippen LogP contribution >= 0.6 is 11.8 Å². The van der Waals surface area contributed by atoms with Crippen molar-refractivity contribution < 1.29 is 14.6 Å². The molecule has 0 atom stereocenters. The highest BCUT2D eigenvalue weighted by Gasteiger charge is 2.13. The molecule has 0 saturated carbocycles. The average molecular weight is 383 g/mol. The molecule has 27 heavy (non-hydrogen) atoms. The number of benzene rings is 2. The zero-order valence-electron chi connectivity index (χ0n) is 15.0. The number of hydrogen-bond donors (Lipinski definition) is 2. The second-order valence-corrected chi connectivity index (χ2v) is 6.77. The van der Waals surface area contributed by atoms with Gasteiger partial charge in [0.2, 0.25) is 5.91 Å². The maximum atomic E-state index is 12.3. The van der Waals surface area contributed by atoms with Crippen molar-refractivity contribution in [3.05, 3.63) is 72.1 Å². The number of thioether (sulfide) groups is 1. The van der Waals surface area contributed by atoms with Gasteiger partial charge in [0, 0.05) is 18.3 Å². The van der Waals surface area contributed by atoms with Crippen molar-refractivity contribution in [2.45, 2.75) is 18.3 Å². The molecule has 3 rings (SSSR count). The van der Waals surface area contributed by atoms with E-state index in [4.69, 9.17) is 4.74 Å². The molecule has 0 saturated heterocycles. The van der Waals surface area contributed by atoms with Crippen LogP contribution in [-0.2, 0) is 17.9 Å². The lowest BCUT2D eigenvalue weighted by molar-refractivity contribution is -0.113. The highest BCUT2D eigenvalue weighted by molar-refractivity contribution is 7.99. The zero-order valence-corrected chi connectivity index (χ0v) is 15.8. The summed E-state index contributed by atoms with van der Waals surface area (Å²) in [4.78, 5) is 16.6. The first-order chi connectivity index (χ1) is 13.2. The van der Waals surface area contributed by atoms with E-state index in [2.05, 4.69) is 10.3 Å². The Labute approximate surface area is 162 Å². The van der Waals surface area contributed by atoms with Crippen molar-refractivity contribution in [1.82, 2.24) is 9.55 Å². The number of anilines is 1. The molecule has 0 fully saturated rings. The Balaban J connectivity index is 1.65. The van der Waals surface area contributed by atoms with Gasteiger partial charge in [-0.1, -0.05) is 48.2 Å². The number of ether oxygens (including phenoxy) is 1. The summed E-state index contributed by atoms with van der Waals surface area (Å²) in [6.45, 7) is 0.493. The van der Waals surface area contributed by atoms with Gasteiger partial charge in [-0.05, 0) is 17.7 Å². The predicted molar refractivity (Wildman–Crippen MR) is 106 cm³/mol. The second-order valence-electron chi connectivity index (χ2n) is 5.83. The van der Waals surface area contributed by atoms with Gasteiger partial charge in [0.05, 0.1) is 31.4 Å². The molecule has 1 heterocycles. The largest absolute Gasteiger partial charge is 0.497 e. The summed E-state index contributed by atoms with van der Waals surface area (Å²) in [5.41, 5.74) is 2.51. The van der Waals surface area contributed by atoms with Gasteiger partial charge < -0.3 is 19.7 Å². The molecule has 1 aromatic heterocycles. The molecule has 1 amide bonds. The number of nitrogens with zero attached hydrogens (tertiary/aromatic N) is 2. The molecule has 0 aliphatic carbocycles. The van der Waals surface area contributed by atoms with Crippen molar-refractivity contribution in [3.63, 3.8) is 0 Å². The number of imidazole rings is 1. The molecule has 2 N–H and O–H groups in total. The maximum absolute atomic E-state index is 12.3. The third-order valence-corrected chi connectivity index (χ3v) is 4.92. The van der Waals surface area contributed by atoms with Gasteiger partial charge in [0.25, 0.3) is 0 Å². The predicted octanol–water partition coefficient (Wildman–Crippen LogP) is 3.16. The number of carbonyl (C=O) groups is 1. The van der Waals surface area contributed by atoms with Crippen LogP contribution in [0.3, 0.4) is 0 Å². The van der Waals surface area contributed by atoms with Gasteiger partial charge in [-0.3, -0.25) is 4.79 Å². The zero-order chi connectivity index (χ0) is 19.1. The van der Waals surface area contributed by atoms with Gasteiger partial charge in [0.1, 0.15) is 5.75 Å². The molecule has 0 unspecified atom stereocenters. The fraction of sp³-hybridized carbons (Fsp3) is 0.200. The fourth-order valence-electron chi connectivity index (χ4n) is 2.60. The first-order valence-electron chi connectivity index (χ1n) is 8.45. The van der Waals surface area contributed by atoms with Gasteiger partial charge in [-0.2, -0.15) is 0 Å². The van der Waals surface area contributed by atoms with E-state index in [-0.39, 0.29) is 18.3 Å². The third-order valence-electron chi connectivity index (χ3n) is 3.93. The van der Waals surface area contributed by atoms with Crippen LogP contribution in [-0.4, -0.2) is 33.4 Å². The first-order valence-corrected chi connectivity index (χ1v) is 9.44. The number of amides is 1. The van der Waals surface area contributed by atoms with Crippen molar-refractivity contribution >= 4 is 23.4 Å². The molecular weight excluding hydrogens is 362 g/mol. The summed E-state index contributed by atoms with van der Waals surface area (Å²) in [6.07, 6.45) is 1.64. The van der Waals surface area contributed by atoms with Crippen LogP contribution < -0.4 is 10.1 Å². The number of hydrogen-bond acceptors (Lipinski definition) is 5. The van der Waals surface area contributed by atoms with E-state index in [1.807, 2.05) is 53.1 Å². The molecule has 2 aromatic carbocycles. The molecule has 6 nitrogen and oxygen atoms in total. The lowest BCUT2D eigenvalue weighted by Gasteiger charge is -2.11. The van der Waals surface area contributed by atoms with Crippen molar-refractivity contribution in [1.29, 1.82) is 0 Å². The number of aliphatic hydroxyl groups is 1. The van der Waals surface area contributed by atoms with Crippen LogP contribution in [0.25, 0.3) is 0 Å². The number of carbonyl (C=O) groups excluding carboxylic acids is 1. The SMILES string of the molecule is COc1cccc(NC(=O)CSc2ncc(CO)n2Cc2ccccc2)c1. The number of aliphatic hydroxyl groups excluding tert-OH is 1. The van der Waals surface area contributed by atoms with Crippen LogP contribution in [0.2, 0.25) is 0 Å². The van der Waals surface area contributed by atoms with Crippen LogP contribution in [0.4, 0.5) is 5.69 Å². The average Bonchev–Trinajstić information content (AvgIpc) is 3.09. The normalized spacial score (nSPS) is 10.6. The smallest absolute Gasteiger partial charge is 0.234 e. The molecule has 0 aliphatic heterocycles. The van der Waals surface area contributed by atoms with Crippen LogP contribution in [0.15, 0.2) is 66.0 Å². The monoisotopic (exact) mass is 383 g/mol. The van der Waals surface area contributed by atoms with E-state index in [0.717, 1.165) is 11.3 Å². The topological polar surface area (TPSA) is 76.4 Å². The van der Waals surface area contributed by atoms with Gasteiger partial charge in [-0.25, -0.2) is 4.98 Å².